The minimum absolute atomic E-state index is 0.185. The Morgan fingerprint density at radius 2 is 2.35 bits per heavy atom. The lowest BCUT2D eigenvalue weighted by atomic mass is 9.97. The molecule has 1 aromatic heterocycles. The topological polar surface area (TPSA) is 52.3 Å². The highest BCUT2D eigenvalue weighted by molar-refractivity contribution is 9.09. The van der Waals surface area contributed by atoms with E-state index in [9.17, 15) is 4.79 Å². The van der Waals surface area contributed by atoms with Gasteiger partial charge in [-0.25, -0.2) is 4.79 Å². The van der Waals surface area contributed by atoms with Crippen molar-refractivity contribution < 1.29 is 14.1 Å². The first-order chi connectivity index (χ1) is 8.24. The van der Waals surface area contributed by atoms with E-state index in [0.29, 0.717) is 6.61 Å². The summed E-state index contributed by atoms with van der Waals surface area (Å²) in [5.41, 5.74) is 1.79. The fourth-order valence-electron chi connectivity index (χ4n) is 2.11. The lowest BCUT2D eigenvalue weighted by Crippen LogP contribution is -2.08. The maximum absolute atomic E-state index is 11.7. The molecule has 2 rings (SSSR count). The smallest absolute Gasteiger partial charge is 0.377 e. The van der Waals surface area contributed by atoms with Crippen molar-refractivity contribution in [2.24, 2.45) is 0 Å². The molecule has 94 valence electrons. The number of hydrogen-bond donors (Lipinski definition) is 0. The highest BCUT2D eigenvalue weighted by atomic mass is 79.9. The third-order valence-electron chi connectivity index (χ3n) is 2.96. The van der Waals surface area contributed by atoms with Crippen LogP contribution >= 0.6 is 15.9 Å². The fourth-order valence-corrected chi connectivity index (χ4v) is 2.79. The van der Waals surface area contributed by atoms with Crippen LogP contribution in [0.1, 0.15) is 59.2 Å². The summed E-state index contributed by atoms with van der Waals surface area (Å²) in [5, 5.41) is 4.02. The van der Waals surface area contributed by atoms with Crippen LogP contribution in [-0.2, 0) is 11.2 Å². The van der Waals surface area contributed by atoms with Crippen LogP contribution in [0.4, 0.5) is 0 Å². The molecule has 0 N–H and O–H groups in total. The largest absolute Gasteiger partial charge is 0.460 e. The minimum Gasteiger partial charge on any atom is -0.460 e. The number of carbonyl (C=O) groups excluding carboxylic acids is 1. The zero-order valence-electron chi connectivity index (χ0n) is 9.87. The molecule has 0 aromatic carbocycles. The van der Waals surface area contributed by atoms with E-state index in [2.05, 4.69) is 21.1 Å². The SMILES string of the molecule is CCOC(=O)c1onc2c1CCCCCC2Br. The Labute approximate surface area is 109 Å². The number of hydrogen-bond acceptors (Lipinski definition) is 4. The predicted molar refractivity (Wildman–Crippen MR) is 66.3 cm³/mol. The molecule has 0 saturated heterocycles. The van der Waals surface area contributed by atoms with E-state index in [1.54, 1.807) is 6.92 Å². The summed E-state index contributed by atoms with van der Waals surface area (Å²) in [6.45, 7) is 2.14. The molecule has 1 aliphatic rings. The van der Waals surface area contributed by atoms with Gasteiger partial charge >= 0.3 is 5.97 Å². The van der Waals surface area contributed by atoms with E-state index in [4.69, 9.17) is 9.26 Å². The molecule has 0 radical (unpaired) electrons. The van der Waals surface area contributed by atoms with Crippen molar-refractivity contribution in [3.8, 4) is 0 Å². The van der Waals surface area contributed by atoms with E-state index >= 15 is 0 Å². The molecule has 0 amide bonds. The Balaban J connectivity index is 2.30. The van der Waals surface area contributed by atoms with E-state index in [1.807, 2.05) is 0 Å². The van der Waals surface area contributed by atoms with Gasteiger partial charge in [-0.1, -0.05) is 33.9 Å². The Bertz CT molecular complexity index is 402. The molecular weight excluding hydrogens is 286 g/mol. The standard InChI is InChI=1S/C12H16BrNO3/c1-2-16-12(15)11-8-6-4-3-5-7-9(13)10(8)14-17-11/h9H,2-7H2,1H3. The number of aromatic nitrogens is 1. The van der Waals surface area contributed by atoms with Crippen molar-refractivity contribution in [2.45, 2.75) is 43.9 Å². The maximum atomic E-state index is 11.7. The summed E-state index contributed by atoms with van der Waals surface area (Å²) in [4.78, 5) is 11.9. The molecule has 0 spiro atoms. The number of carbonyl (C=O) groups is 1. The number of rotatable bonds is 2. The van der Waals surface area contributed by atoms with Crippen molar-refractivity contribution in [2.75, 3.05) is 6.61 Å². The van der Waals surface area contributed by atoms with Crippen molar-refractivity contribution in [3.05, 3.63) is 17.0 Å². The quantitative estimate of drug-likeness (QED) is 0.620. The van der Waals surface area contributed by atoms with Gasteiger partial charge in [0.25, 0.3) is 0 Å². The molecule has 0 fully saturated rings. The van der Waals surface area contributed by atoms with Crippen LogP contribution in [0.25, 0.3) is 0 Å². The Morgan fingerprint density at radius 3 is 3.12 bits per heavy atom. The molecule has 4 nitrogen and oxygen atoms in total. The van der Waals surface area contributed by atoms with Crippen molar-refractivity contribution in [3.63, 3.8) is 0 Å². The van der Waals surface area contributed by atoms with Gasteiger partial charge in [-0.2, -0.15) is 0 Å². The van der Waals surface area contributed by atoms with Crippen molar-refractivity contribution in [1.82, 2.24) is 5.16 Å². The van der Waals surface area contributed by atoms with Crippen molar-refractivity contribution in [1.29, 1.82) is 0 Å². The average molecular weight is 302 g/mol. The third-order valence-corrected chi connectivity index (χ3v) is 3.85. The number of halogens is 1. The van der Waals surface area contributed by atoms with Crippen LogP contribution in [0, 0.1) is 0 Å². The van der Waals surface area contributed by atoms with Gasteiger partial charge in [0, 0.05) is 5.56 Å². The highest BCUT2D eigenvalue weighted by Crippen LogP contribution is 2.35. The molecule has 1 aromatic rings. The van der Waals surface area contributed by atoms with Crippen LogP contribution in [0.2, 0.25) is 0 Å². The summed E-state index contributed by atoms with van der Waals surface area (Å²) in [6, 6.07) is 0. The maximum Gasteiger partial charge on any atom is 0.377 e. The monoisotopic (exact) mass is 301 g/mol. The first kappa shape index (κ1) is 12.6. The average Bonchev–Trinajstić information content (AvgIpc) is 2.69. The zero-order chi connectivity index (χ0) is 12.3. The molecule has 0 bridgehead atoms. The summed E-state index contributed by atoms with van der Waals surface area (Å²) >= 11 is 3.60. The highest BCUT2D eigenvalue weighted by Gasteiger charge is 2.27. The van der Waals surface area contributed by atoms with Crippen LogP contribution in [-0.4, -0.2) is 17.7 Å². The van der Waals surface area contributed by atoms with E-state index in [1.165, 1.54) is 12.8 Å². The Hall–Kier alpha value is -0.840. The van der Waals surface area contributed by atoms with Crippen molar-refractivity contribution >= 4 is 21.9 Å². The normalized spacial score (nSPS) is 20.2. The fraction of sp³-hybridized carbons (Fsp3) is 0.667. The summed E-state index contributed by atoms with van der Waals surface area (Å²) in [7, 11) is 0. The number of esters is 1. The molecule has 1 unspecified atom stereocenters. The van der Waals surface area contributed by atoms with Gasteiger partial charge in [-0.15, -0.1) is 0 Å². The van der Waals surface area contributed by atoms with Gasteiger partial charge in [0.15, 0.2) is 0 Å². The Kier molecular flexibility index (Phi) is 4.20. The second kappa shape index (κ2) is 5.67. The molecular formula is C12H16BrNO3. The third kappa shape index (κ3) is 2.70. The number of ether oxygens (including phenoxy) is 1. The Morgan fingerprint density at radius 1 is 1.53 bits per heavy atom. The van der Waals surface area contributed by atoms with Crippen LogP contribution in [0.15, 0.2) is 4.52 Å². The lowest BCUT2D eigenvalue weighted by Gasteiger charge is -2.12. The molecule has 1 heterocycles. The van der Waals surface area contributed by atoms with Crippen LogP contribution < -0.4 is 0 Å². The van der Waals surface area contributed by atoms with E-state index < -0.39 is 5.97 Å². The molecule has 0 saturated carbocycles. The summed E-state index contributed by atoms with van der Waals surface area (Å²) in [6.07, 6.45) is 5.29. The number of fused-ring (bicyclic) bond motifs is 1. The minimum atomic E-state index is -0.401. The first-order valence-electron chi connectivity index (χ1n) is 6.03. The van der Waals surface area contributed by atoms with Crippen LogP contribution in [0.3, 0.4) is 0 Å². The number of alkyl halides is 1. The second-order valence-corrected chi connectivity index (χ2v) is 5.27. The predicted octanol–water partition coefficient (Wildman–Crippen LogP) is 3.40. The number of nitrogens with zero attached hydrogens (tertiary/aromatic N) is 1. The van der Waals surface area contributed by atoms with E-state index in [-0.39, 0.29) is 10.6 Å². The van der Waals surface area contributed by atoms with E-state index in [0.717, 1.165) is 30.5 Å². The zero-order valence-corrected chi connectivity index (χ0v) is 11.5. The second-order valence-electron chi connectivity index (χ2n) is 4.16. The molecule has 5 heteroatoms. The van der Waals surface area contributed by atoms with Gasteiger partial charge in [0.1, 0.15) is 5.69 Å². The lowest BCUT2D eigenvalue weighted by molar-refractivity contribution is 0.0478. The molecule has 1 aliphatic carbocycles. The summed E-state index contributed by atoms with van der Waals surface area (Å²) < 4.78 is 10.1. The van der Waals surface area contributed by atoms with Gasteiger partial charge in [-0.3, -0.25) is 0 Å². The van der Waals surface area contributed by atoms with Gasteiger partial charge in [0.2, 0.25) is 5.76 Å². The summed E-state index contributed by atoms with van der Waals surface area (Å²) in [5.74, 6) is -0.116. The first-order valence-corrected chi connectivity index (χ1v) is 6.95. The molecule has 17 heavy (non-hydrogen) atoms. The van der Waals surface area contributed by atoms with Gasteiger partial charge < -0.3 is 9.26 Å². The van der Waals surface area contributed by atoms with Gasteiger partial charge in [0.05, 0.1) is 11.4 Å². The molecule has 0 aliphatic heterocycles. The van der Waals surface area contributed by atoms with Crippen LogP contribution in [0.5, 0.6) is 0 Å². The van der Waals surface area contributed by atoms with Gasteiger partial charge in [-0.05, 0) is 26.2 Å². The molecule has 1 atom stereocenters.